The Balaban J connectivity index is 0. The largest absolute Gasteiger partial charge is 0.412 e. The fourth-order valence-electron chi connectivity index (χ4n) is 2.98. The van der Waals surface area contributed by atoms with Crippen LogP contribution in [0.25, 0.3) is 0 Å². The van der Waals surface area contributed by atoms with Gasteiger partial charge in [-0.15, -0.1) is 0 Å². The van der Waals surface area contributed by atoms with Gasteiger partial charge < -0.3 is 5.48 Å². The summed E-state index contributed by atoms with van der Waals surface area (Å²) in [6.45, 7) is 2.28. The van der Waals surface area contributed by atoms with Crippen molar-refractivity contribution in [2.75, 3.05) is 0 Å². The van der Waals surface area contributed by atoms with Gasteiger partial charge in [-0.1, -0.05) is 96.1 Å². The predicted molar refractivity (Wildman–Crippen MR) is 107 cm³/mol. The van der Waals surface area contributed by atoms with Gasteiger partial charge in [0.2, 0.25) is 0 Å². The van der Waals surface area contributed by atoms with Crippen LogP contribution in [0.2, 0.25) is 0 Å². The van der Waals surface area contributed by atoms with Crippen molar-refractivity contribution in [2.24, 2.45) is 0 Å². The number of nitriles is 1. The van der Waals surface area contributed by atoms with Gasteiger partial charge in [0.05, 0.1) is 6.07 Å². The third-order valence-electron chi connectivity index (χ3n) is 4.55. The normalized spacial score (nSPS) is 10.7. The second kappa shape index (κ2) is 24.4. The van der Waals surface area contributed by atoms with Gasteiger partial charge >= 0.3 is 0 Å². The maximum absolute atomic E-state index is 8.46. The van der Waals surface area contributed by atoms with Crippen LogP contribution in [0, 0.1) is 11.3 Å². The van der Waals surface area contributed by atoms with Crippen LogP contribution in [0.3, 0.4) is 0 Å². The van der Waals surface area contributed by atoms with Crippen LogP contribution in [0.1, 0.15) is 122 Å². The van der Waals surface area contributed by atoms with E-state index in [1.54, 1.807) is 0 Å². The monoisotopic (exact) mass is 337 g/mol. The lowest BCUT2D eigenvalue weighted by atomic mass is 10.1. The zero-order valence-corrected chi connectivity index (χ0v) is 16.3. The Labute approximate surface area is 152 Å². The molecule has 0 unspecified atom stereocenters. The molecule has 0 aliphatic rings. The standard InChI is InChI=1S/C22H41N.H2O/c1-2-3-4-5-6-7-8-9-10-11-12-13-14-15-16-17-18-19-20-21-22-23;/h9-10H,2-8,11-21H2,1H3;1H2/b10-9-;. The Bertz CT molecular complexity index is 280. The van der Waals surface area contributed by atoms with Crippen molar-refractivity contribution in [1.29, 1.82) is 5.26 Å². The van der Waals surface area contributed by atoms with Crippen molar-refractivity contribution in [3.63, 3.8) is 0 Å². The Kier molecular flexibility index (Phi) is 25.9. The number of unbranched alkanes of at least 4 members (excludes halogenated alkanes) is 16. The fraction of sp³-hybridized carbons (Fsp3) is 0.864. The summed E-state index contributed by atoms with van der Waals surface area (Å²) in [6.07, 6.45) is 28.5. The van der Waals surface area contributed by atoms with Gasteiger partial charge in [0.25, 0.3) is 0 Å². The minimum absolute atomic E-state index is 0. The van der Waals surface area contributed by atoms with Gasteiger partial charge in [-0.3, -0.25) is 0 Å². The lowest BCUT2D eigenvalue weighted by Crippen LogP contribution is -1.81. The molecule has 0 fully saturated rings. The van der Waals surface area contributed by atoms with Crippen LogP contribution in [0.4, 0.5) is 0 Å². The van der Waals surface area contributed by atoms with E-state index >= 15 is 0 Å². The van der Waals surface area contributed by atoms with E-state index in [4.69, 9.17) is 5.26 Å². The topological polar surface area (TPSA) is 55.3 Å². The van der Waals surface area contributed by atoms with Gasteiger partial charge in [-0.25, -0.2) is 0 Å². The fourth-order valence-corrected chi connectivity index (χ4v) is 2.98. The van der Waals surface area contributed by atoms with Crippen LogP contribution in [0.5, 0.6) is 0 Å². The van der Waals surface area contributed by atoms with Crippen LogP contribution in [-0.2, 0) is 0 Å². The Morgan fingerprint density at radius 3 is 1.38 bits per heavy atom. The molecule has 0 saturated heterocycles. The Hall–Kier alpha value is -0.810. The maximum atomic E-state index is 8.46. The summed E-state index contributed by atoms with van der Waals surface area (Å²) in [5, 5.41) is 8.46. The van der Waals surface area contributed by atoms with Gasteiger partial charge in [-0.05, 0) is 32.1 Å². The molecule has 2 nitrogen and oxygen atoms in total. The van der Waals surface area contributed by atoms with E-state index in [2.05, 4.69) is 25.1 Å². The molecular formula is C22H43NO. The van der Waals surface area contributed by atoms with Crippen molar-refractivity contribution in [1.82, 2.24) is 0 Å². The SMILES string of the molecule is CCCCCCCC/C=C\CCCCCCCCCCCC#N.O. The first-order chi connectivity index (χ1) is 11.4. The quantitative estimate of drug-likeness (QED) is 0.191. The number of nitrogens with zero attached hydrogens (tertiary/aromatic N) is 1. The van der Waals surface area contributed by atoms with Gasteiger partial charge in [0, 0.05) is 6.42 Å². The van der Waals surface area contributed by atoms with E-state index < -0.39 is 0 Å². The highest BCUT2D eigenvalue weighted by Crippen LogP contribution is 2.12. The zero-order valence-electron chi connectivity index (χ0n) is 16.3. The Morgan fingerprint density at radius 1 is 0.583 bits per heavy atom. The molecule has 0 aliphatic heterocycles. The van der Waals surface area contributed by atoms with Crippen molar-refractivity contribution < 1.29 is 5.48 Å². The number of hydrogen-bond donors (Lipinski definition) is 0. The lowest BCUT2D eigenvalue weighted by molar-refractivity contribution is 0.562. The van der Waals surface area contributed by atoms with E-state index in [1.165, 1.54) is 103 Å². The highest BCUT2D eigenvalue weighted by atomic mass is 16.0. The molecule has 142 valence electrons. The molecule has 0 radical (unpaired) electrons. The molecule has 0 bridgehead atoms. The maximum Gasteiger partial charge on any atom is 0.0621 e. The smallest absolute Gasteiger partial charge is 0.0621 e. The molecular weight excluding hydrogens is 294 g/mol. The highest BCUT2D eigenvalue weighted by molar-refractivity contribution is 4.81. The third-order valence-corrected chi connectivity index (χ3v) is 4.55. The second-order valence-electron chi connectivity index (χ2n) is 6.91. The van der Waals surface area contributed by atoms with Crippen LogP contribution >= 0.6 is 0 Å². The number of allylic oxidation sites excluding steroid dienone is 2. The van der Waals surface area contributed by atoms with E-state index in [0.717, 1.165) is 12.8 Å². The molecule has 0 saturated carbocycles. The van der Waals surface area contributed by atoms with Crippen LogP contribution in [-0.4, -0.2) is 5.48 Å². The lowest BCUT2D eigenvalue weighted by Gasteiger charge is -2.01. The third kappa shape index (κ3) is 23.5. The zero-order chi connectivity index (χ0) is 16.8. The summed E-state index contributed by atoms with van der Waals surface area (Å²) in [5.41, 5.74) is 0. The van der Waals surface area contributed by atoms with Gasteiger partial charge in [-0.2, -0.15) is 5.26 Å². The van der Waals surface area contributed by atoms with Crippen molar-refractivity contribution in [3.05, 3.63) is 12.2 Å². The molecule has 0 heterocycles. The molecule has 0 aromatic carbocycles. The molecule has 0 amide bonds. The summed E-state index contributed by atoms with van der Waals surface area (Å²) < 4.78 is 0. The molecule has 0 spiro atoms. The molecule has 0 aromatic rings. The average molecular weight is 338 g/mol. The van der Waals surface area contributed by atoms with E-state index in [0.29, 0.717) is 0 Å². The first kappa shape index (κ1) is 25.4. The van der Waals surface area contributed by atoms with E-state index in [9.17, 15) is 0 Å². The summed E-state index contributed by atoms with van der Waals surface area (Å²) in [6, 6.07) is 2.22. The summed E-state index contributed by atoms with van der Waals surface area (Å²) >= 11 is 0. The first-order valence-electron chi connectivity index (χ1n) is 10.4. The molecule has 24 heavy (non-hydrogen) atoms. The minimum atomic E-state index is 0. The predicted octanol–water partition coefficient (Wildman–Crippen LogP) is 7.28. The highest BCUT2D eigenvalue weighted by Gasteiger charge is 1.92. The molecule has 0 atom stereocenters. The van der Waals surface area contributed by atoms with Crippen LogP contribution < -0.4 is 0 Å². The Morgan fingerprint density at radius 2 is 0.958 bits per heavy atom. The summed E-state index contributed by atoms with van der Waals surface area (Å²) in [5.74, 6) is 0. The molecule has 2 N–H and O–H groups in total. The number of hydrogen-bond acceptors (Lipinski definition) is 1. The van der Waals surface area contributed by atoms with Crippen molar-refractivity contribution in [3.8, 4) is 6.07 Å². The molecule has 0 aliphatic carbocycles. The minimum Gasteiger partial charge on any atom is -0.412 e. The van der Waals surface area contributed by atoms with E-state index in [1.807, 2.05) is 0 Å². The van der Waals surface area contributed by atoms with E-state index in [-0.39, 0.29) is 5.48 Å². The molecule has 2 heteroatoms. The van der Waals surface area contributed by atoms with Crippen molar-refractivity contribution >= 4 is 0 Å². The second-order valence-corrected chi connectivity index (χ2v) is 6.91. The summed E-state index contributed by atoms with van der Waals surface area (Å²) in [7, 11) is 0. The van der Waals surface area contributed by atoms with Crippen molar-refractivity contribution in [2.45, 2.75) is 122 Å². The molecule has 0 aromatic heterocycles. The van der Waals surface area contributed by atoms with Crippen LogP contribution in [0.15, 0.2) is 12.2 Å². The average Bonchev–Trinajstić information content (AvgIpc) is 2.57. The van der Waals surface area contributed by atoms with Gasteiger partial charge in [0.1, 0.15) is 0 Å². The van der Waals surface area contributed by atoms with Gasteiger partial charge in [0.15, 0.2) is 0 Å². The summed E-state index contributed by atoms with van der Waals surface area (Å²) in [4.78, 5) is 0. The molecule has 0 rings (SSSR count). The number of rotatable bonds is 18. The first-order valence-corrected chi connectivity index (χ1v) is 10.4.